The van der Waals surface area contributed by atoms with Crippen molar-refractivity contribution >= 4 is 29.5 Å². The van der Waals surface area contributed by atoms with E-state index in [-0.39, 0.29) is 11.5 Å². The second-order valence-corrected chi connectivity index (χ2v) is 3.85. The third kappa shape index (κ3) is 1.89. The maximum atomic E-state index is 11.3. The van der Waals surface area contributed by atoms with E-state index >= 15 is 0 Å². The van der Waals surface area contributed by atoms with Gasteiger partial charge in [0.1, 0.15) is 11.2 Å². The van der Waals surface area contributed by atoms with E-state index in [0.29, 0.717) is 0 Å². The van der Waals surface area contributed by atoms with Crippen LogP contribution in [0.5, 0.6) is 0 Å². The van der Waals surface area contributed by atoms with Gasteiger partial charge >= 0.3 is 11.9 Å². The highest BCUT2D eigenvalue weighted by Crippen LogP contribution is 2.31. The quantitative estimate of drug-likeness (QED) is 0.465. The number of carbonyl (C=O) groups is 3. The molecule has 0 N–H and O–H groups in total. The highest BCUT2D eigenvalue weighted by molar-refractivity contribution is 8.01. The number of Topliss-reactive ketones (excluding diaryl/α,β-unsaturated/α-hetero) is 1. The van der Waals surface area contributed by atoms with Crippen molar-refractivity contribution in [1.82, 2.24) is 0 Å². The molecule has 0 bridgehead atoms. The van der Waals surface area contributed by atoms with Gasteiger partial charge in [-0.05, 0) is 0 Å². The van der Waals surface area contributed by atoms with Gasteiger partial charge in [0.05, 0.1) is 20.0 Å². The lowest BCUT2D eigenvalue weighted by atomic mass is 10.0. The highest BCUT2D eigenvalue weighted by Gasteiger charge is 2.46. The van der Waals surface area contributed by atoms with Crippen molar-refractivity contribution in [1.29, 1.82) is 0 Å². The lowest BCUT2D eigenvalue weighted by molar-refractivity contribution is -0.153. The fourth-order valence-corrected chi connectivity index (χ4v) is 2.44. The zero-order valence-corrected chi connectivity index (χ0v) is 8.63. The smallest absolute Gasteiger partial charge is 0.320 e. The Bertz CT molecular complexity index is 275. The molecule has 0 aromatic heterocycles. The number of thioether (sulfide) groups is 1. The van der Waals surface area contributed by atoms with Crippen molar-refractivity contribution < 1.29 is 23.9 Å². The van der Waals surface area contributed by atoms with Crippen LogP contribution in [0.1, 0.15) is 0 Å². The Morgan fingerprint density at radius 1 is 1.29 bits per heavy atom. The SMILES string of the molecule is COC(=O)C1SCC(=O)C1C(=O)OC. The molecule has 5 nitrogen and oxygen atoms in total. The average molecular weight is 218 g/mol. The monoisotopic (exact) mass is 218 g/mol. The van der Waals surface area contributed by atoms with Crippen LogP contribution in [0.3, 0.4) is 0 Å². The summed E-state index contributed by atoms with van der Waals surface area (Å²) in [4.78, 5) is 33.7. The first-order valence-corrected chi connectivity index (χ1v) is 4.96. The van der Waals surface area contributed by atoms with Crippen LogP contribution in [0.15, 0.2) is 0 Å². The van der Waals surface area contributed by atoms with Crippen molar-refractivity contribution in [3.8, 4) is 0 Å². The van der Waals surface area contributed by atoms with Crippen LogP contribution < -0.4 is 0 Å². The van der Waals surface area contributed by atoms with Crippen LogP contribution in [0.4, 0.5) is 0 Å². The van der Waals surface area contributed by atoms with Gasteiger partial charge in [-0.1, -0.05) is 0 Å². The Labute approximate surface area is 85.1 Å². The lowest BCUT2D eigenvalue weighted by Crippen LogP contribution is -2.34. The van der Waals surface area contributed by atoms with Gasteiger partial charge in [-0.15, -0.1) is 11.8 Å². The fraction of sp³-hybridized carbons (Fsp3) is 0.625. The predicted molar refractivity (Wildman–Crippen MR) is 48.8 cm³/mol. The maximum absolute atomic E-state index is 11.3. The van der Waals surface area contributed by atoms with Crippen molar-refractivity contribution in [2.75, 3.05) is 20.0 Å². The molecule has 0 amide bonds. The van der Waals surface area contributed by atoms with Crippen molar-refractivity contribution in [3.05, 3.63) is 0 Å². The van der Waals surface area contributed by atoms with Crippen LogP contribution in [0, 0.1) is 5.92 Å². The summed E-state index contributed by atoms with van der Waals surface area (Å²) in [5.74, 6) is -2.36. The van der Waals surface area contributed by atoms with E-state index in [0.717, 1.165) is 11.8 Å². The highest BCUT2D eigenvalue weighted by atomic mass is 32.2. The molecular weight excluding hydrogens is 208 g/mol. The zero-order valence-electron chi connectivity index (χ0n) is 7.81. The molecule has 1 heterocycles. The third-order valence-electron chi connectivity index (χ3n) is 1.94. The average Bonchev–Trinajstić information content (AvgIpc) is 2.58. The summed E-state index contributed by atoms with van der Waals surface area (Å²) < 4.78 is 8.94. The summed E-state index contributed by atoms with van der Waals surface area (Å²) >= 11 is 1.11. The molecule has 78 valence electrons. The Hall–Kier alpha value is -1.04. The van der Waals surface area contributed by atoms with Gasteiger partial charge in [0.25, 0.3) is 0 Å². The summed E-state index contributed by atoms with van der Waals surface area (Å²) in [6.07, 6.45) is 0. The van der Waals surface area contributed by atoms with E-state index in [2.05, 4.69) is 9.47 Å². The number of hydrogen-bond acceptors (Lipinski definition) is 6. The van der Waals surface area contributed by atoms with Crippen LogP contribution in [0.25, 0.3) is 0 Å². The molecule has 1 saturated heterocycles. The molecule has 1 aliphatic heterocycles. The van der Waals surface area contributed by atoms with Crippen LogP contribution in [-0.2, 0) is 23.9 Å². The second kappa shape index (κ2) is 4.45. The zero-order chi connectivity index (χ0) is 10.7. The summed E-state index contributed by atoms with van der Waals surface area (Å²) in [7, 11) is 2.41. The summed E-state index contributed by atoms with van der Waals surface area (Å²) in [5.41, 5.74) is 0. The molecule has 0 aromatic carbocycles. The minimum atomic E-state index is -1.00. The third-order valence-corrected chi connectivity index (χ3v) is 3.22. The van der Waals surface area contributed by atoms with Crippen molar-refractivity contribution in [2.45, 2.75) is 5.25 Å². The minimum Gasteiger partial charge on any atom is -0.468 e. The van der Waals surface area contributed by atoms with Crippen LogP contribution >= 0.6 is 11.8 Å². The molecule has 0 aliphatic carbocycles. The van der Waals surface area contributed by atoms with Gasteiger partial charge in [0.15, 0.2) is 5.78 Å². The van der Waals surface area contributed by atoms with E-state index in [9.17, 15) is 14.4 Å². The first-order valence-electron chi connectivity index (χ1n) is 3.91. The molecule has 0 radical (unpaired) electrons. The molecule has 1 aliphatic rings. The van der Waals surface area contributed by atoms with Gasteiger partial charge in [0, 0.05) is 0 Å². The number of ether oxygens (including phenoxy) is 2. The van der Waals surface area contributed by atoms with Gasteiger partial charge in [-0.25, -0.2) is 0 Å². The van der Waals surface area contributed by atoms with E-state index in [1.807, 2.05) is 0 Å². The van der Waals surface area contributed by atoms with E-state index < -0.39 is 23.1 Å². The molecular formula is C8H10O5S. The molecule has 14 heavy (non-hydrogen) atoms. The largest absolute Gasteiger partial charge is 0.468 e. The number of methoxy groups -OCH3 is 2. The molecule has 6 heteroatoms. The Balaban J connectivity index is 2.81. The normalized spacial score (nSPS) is 26.0. The maximum Gasteiger partial charge on any atom is 0.320 e. The summed E-state index contributed by atoms with van der Waals surface area (Å²) in [6.45, 7) is 0. The molecule has 1 fully saturated rings. The number of carbonyl (C=O) groups excluding carboxylic acids is 3. The Kier molecular flexibility index (Phi) is 3.51. The molecule has 0 spiro atoms. The van der Waals surface area contributed by atoms with Crippen molar-refractivity contribution in [2.24, 2.45) is 5.92 Å². The standard InChI is InChI=1S/C8H10O5S/c1-12-7(10)5-4(9)3-14-6(5)8(11)13-2/h5-6H,3H2,1-2H3. The van der Waals surface area contributed by atoms with E-state index in [1.165, 1.54) is 14.2 Å². The van der Waals surface area contributed by atoms with Crippen LogP contribution in [0.2, 0.25) is 0 Å². The lowest BCUT2D eigenvalue weighted by Gasteiger charge is -2.12. The van der Waals surface area contributed by atoms with Gasteiger partial charge in [-0.3, -0.25) is 14.4 Å². The molecule has 2 atom stereocenters. The van der Waals surface area contributed by atoms with Gasteiger partial charge in [-0.2, -0.15) is 0 Å². The number of hydrogen-bond donors (Lipinski definition) is 0. The number of rotatable bonds is 2. The molecule has 1 rings (SSSR count). The first kappa shape index (κ1) is 11.0. The Morgan fingerprint density at radius 2 is 1.86 bits per heavy atom. The van der Waals surface area contributed by atoms with E-state index in [4.69, 9.17) is 0 Å². The second-order valence-electron chi connectivity index (χ2n) is 2.72. The van der Waals surface area contributed by atoms with Crippen LogP contribution in [-0.4, -0.2) is 42.9 Å². The fourth-order valence-electron chi connectivity index (χ4n) is 1.23. The molecule has 0 saturated carbocycles. The topological polar surface area (TPSA) is 69.7 Å². The number of ketones is 1. The summed E-state index contributed by atoms with van der Waals surface area (Å²) in [6, 6.07) is 0. The van der Waals surface area contributed by atoms with Crippen molar-refractivity contribution in [3.63, 3.8) is 0 Å². The first-order chi connectivity index (χ1) is 6.61. The molecule has 0 aromatic rings. The van der Waals surface area contributed by atoms with E-state index in [1.54, 1.807) is 0 Å². The van der Waals surface area contributed by atoms with Gasteiger partial charge < -0.3 is 9.47 Å². The Morgan fingerprint density at radius 3 is 2.36 bits per heavy atom. The number of esters is 2. The van der Waals surface area contributed by atoms with Gasteiger partial charge in [0.2, 0.25) is 0 Å². The predicted octanol–water partition coefficient (Wildman–Crippen LogP) is -0.367. The summed E-state index contributed by atoms with van der Waals surface area (Å²) in [5, 5.41) is -0.750. The minimum absolute atomic E-state index is 0.152. The molecule has 2 unspecified atom stereocenters.